The molecule has 2 aromatic rings. The third-order valence-electron chi connectivity index (χ3n) is 3.43. The number of hydrogen-bond acceptors (Lipinski definition) is 1. The van der Waals surface area contributed by atoms with Crippen molar-refractivity contribution in [2.24, 2.45) is 0 Å². The Morgan fingerprint density at radius 1 is 0.947 bits per heavy atom. The van der Waals surface area contributed by atoms with Gasteiger partial charge in [0.15, 0.2) is 6.21 Å². The highest BCUT2D eigenvalue weighted by Crippen LogP contribution is 2.24. The summed E-state index contributed by atoms with van der Waals surface area (Å²) in [5, 5.41) is 0. The number of benzene rings is 2. The number of nitrogens with zero attached hydrogens (tertiary/aromatic N) is 1. The topological polar surface area (TPSA) is 20.1 Å². The third-order valence-corrected chi connectivity index (χ3v) is 3.43. The van der Waals surface area contributed by atoms with Crippen LogP contribution in [0.5, 0.6) is 0 Å². The van der Waals surface area contributed by atoms with Gasteiger partial charge >= 0.3 is 5.91 Å². The van der Waals surface area contributed by atoms with Gasteiger partial charge in [-0.3, -0.25) is 0 Å². The first-order chi connectivity index (χ1) is 9.34. The SMILES string of the molecule is O=C1CCC=[N+]1c1ccccc1Cc1ccccc1. The summed E-state index contributed by atoms with van der Waals surface area (Å²) in [5.74, 6) is 0.195. The van der Waals surface area contributed by atoms with Gasteiger partial charge in [0.2, 0.25) is 5.69 Å². The molecule has 2 nitrogen and oxygen atoms in total. The maximum absolute atomic E-state index is 11.9. The van der Waals surface area contributed by atoms with Crippen molar-refractivity contribution >= 4 is 17.8 Å². The van der Waals surface area contributed by atoms with Crippen LogP contribution in [0.4, 0.5) is 5.69 Å². The molecule has 19 heavy (non-hydrogen) atoms. The summed E-state index contributed by atoms with van der Waals surface area (Å²) in [7, 11) is 0. The average Bonchev–Trinajstić information content (AvgIpc) is 2.87. The fourth-order valence-corrected chi connectivity index (χ4v) is 2.48. The molecule has 94 valence electrons. The maximum Gasteiger partial charge on any atom is 0.392 e. The summed E-state index contributed by atoms with van der Waals surface area (Å²) in [4.78, 5) is 11.9. The van der Waals surface area contributed by atoms with Gasteiger partial charge in [-0.05, 0) is 5.56 Å². The van der Waals surface area contributed by atoms with Crippen molar-refractivity contribution in [1.82, 2.24) is 0 Å². The Hall–Kier alpha value is -2.22. The van der Waals surface area contributed by atoms with Crippen LogP contribution in [-0.2, 0) is 11.2 Å². The minimum atomic E-state index is 0.195. The van der Waals surface area contributed by atoms with Gasteiger partial charge in [0.1, 0.15) is 0 Å². The molecule has 0 saturated carbocycles. The molecule has 0 radical (unpaired) electrons. The van der Waals surface area contributed by atoms with Crippen molar-refractivity contribution in [2.45, 2.75) is 19.3 Å². The largest absolute Gasteiger partial charge is 0.392 e. The molecule has 0 N–H and O–H groups in total. The van der Waals surface area contributed by atoms with Crippen molar-refractivity contribution in [3.8, 4) is 0 Å². The zero-order chi connectivity index (χ0) is 13.1. The summed E-state index contributed by atoms with van der Waals surface area (Å²) in [6, 6.07) is 18.5. The predicted molar refractivity (Wildman–Crippen MR) is 75.9 cm³/mol. The van der Waals surface area contributed by atoms with E-state index in [1.54, 1.807) is 4.58 Å². The zero-order valence-corrected chi connectivity index (χ0v) is 10.8. The fourth-order valence-electron chi connectivity index (χ4n) is 2.48. The van der Waals surface area contributed by atoms with E-state index in [2.05, 4.69) is 18.2 Å². The van der Waals surface area contributed by atoms with Crippen molar-refractivity contribution in [2.75, 3.05) is 0 Å². The van der Waals surface area contributed by atoms with E-state index in [-0.39, 0.29) is 5.91 Å². The van der Waals surface area contributed by atoms with Crippen molar-refractivity contribution in [3.05, 3.63) is 65.7 Å². The lowest BCUT2D eigenvalue weighted by atomic mass is 10.0. The molecule has 0 aliphatic carbocycles. The molecule has 0 aromatic heterocycles. The van der Waals surface area contributed by atoms with Gasteiger partial charge in [0.25, 0.3) is 0 Å². The number of para-hydroxylation sites is 1. The lowest BCUT2D eigenvalue weighted by Gasteiger charge is -2.05. The van der Waals surface area contributed by atoms with Crippen LogP contribution in [0.1, 0.15) is 24.0 Å². The van der Waals surface area contributed by atoms with Gasteiger partial charge in [0.05, 0.1) is 6.42 Å². The monoisotopic (exact) mass is 250 g/mol. The summed E-state index contributed by atoms with van der Waals surface area (Å²) in [6.07, 6.45) is 4.32. The van der Waals surface area contributed by atoms with E-state index in [0.717, 1.165) is 18.5 Å². The molecule has 2 heteroatoms. The van der Waals surface area contributed by atoms with Crippen LogP contribution in [0.25, 0.3) is 0 Å². The molecular weight excluding hydrogens is 234 g/mol. The Labute approximate surface area is 113 Å². The molecule has 2 aromatic carbocycles. The number of carbonyl (C=O) groups is 1. The third kappa shape index (κ3) is 2.48. The fraction of sp³-hybridized carbons (Fsp3) is 0.176. The van der Waals surface area contributed by atoms with Crippen LogP contribution < -0.4 is 0 Å². The highest BCUT2D eigenvalue weighted by atomic mass is 16.2. The predicted octanol–water partition coefficient (Wildman–Crippen LogP) is 3.31. The van der Waals surface area contributed by atoms with E-state index in [1.165, 1.54) is 11.1 Å². The Morgan fingerprint density at radius 2 is 1.68 bits per heavy atom. The van der Waals surface area contributed by atoms with Gasteiger partial charge < -0.3 is 0 Å². The second-order valence-corrected chi connectivity index (χ2v) is 4.78. The summed E-state index contributed by atoms with van der Waals surface area (Å²) in [5.41, 5.74) is 3.48. The smallest absolute Gasteiger partial charge is 0.219 e. The maximum atomic E-state index is 11.9. The molecular formula is C17H16NO+. The number of amides is 1. The van der Waals surface area contributed by atoms with Gasteiger partial charge in [-0.25, -0.2) is 4.79 Å². The van der Waals surface area contributed by atoms with E-state index < -0.39 is 0 Å². The molecule has 0 saturated heterocycles. The first-order valence-corrected chi connectivity index (χ1v) is 6.62. The van der Waals surface area contributed by atoms with Crippen molar-refractivity contribution < 1.29 is 9.37 Å². The van der Waals surface area contributed by atoms with Crippen LogP contribution in [-0.4, -0.2) is 16.7 Å². The van der Waals surface area contributed by atoms with Crippen LogP contribution in [0.2, 0.25) is 0 Å². The Balaban J connectivity index is 1.96. The molecule has 3 rings (SSSR count). The molecule has 1 aliphatic heterocycles. The van der Waals surface area contributed by atoms with Gasteiger partial charge in [0, 0.05) is 24.5 Å². The first kappa shape index (κ1) is 11.8. The van der Waals surface area contributed by atoms with E-state index >= 15 is 0 Å². The van der Waals surface area contributed by atoms with E-state index in [4.69, 9.17) is 0 Å². The zero-order valence-electron chi connectivity index (χ0n) is 10.8. The molecule has 1 amide bonds. The number of carbonyl (C=O) groups excluding carboxylic acids is 1. The van der Waals surface area contributed by atoms with Crippen molar-refractivity contribution in [3.63, 3.8) is 0 Å². The first-order valence-electron chi connectivity index (χ1n) is 6.62. The quantitative estimate of drug-likeness (QED) is 0.765. The average molecular weight is 250 g/mol. The second-order valence-electron chi connectivity index (χ2n) is 4.78. The van der Waals surface area contributed by atoms with Crippen LogP contribution in [0.15, 0.2) is 54.6 Å². The highest BCUT2D eigenvalue weighted by Gasteiger charge is 2.27. The number of rotatable bonds is 3. The summed E-state index contributed by atoms with van der Waals surface area (Å²) < 4.78 is 1.80. The Bertz CT molecular complexity index is 629. The standard InChI is InChI=1S/C17H16NO/c19-17-11-6-12-18(17)16-10-5-4-9-15(16)13-14-7-2-1-3-8-14/h1-5,7-10,12H,6,11,13H2/q+1. The highest BCUT2D eigenvalue weighted by molar-refractivity contribution is 5.82. The number of hydrogen-bond donors (Lipinski definition) is 0. The minimum Gasteiger partial charge on any atom is -0.219 e. The normalized spacial score (nSPS) is 14.5. The van der Waals surface area contributed by atoms with E-state index in [1.807, 2.05) is 42.6 Å². The molecule has 0 atom stereocenters. The molecule has 1 heterocycles. The van der Waals surface area contributed by atoms with Gasteiger partial charge in [-0.2, -0.15) is 0 Å². The molecule has 0 unspecified atom stereocenters. The molecule has 0 fully saturated rings. The summed E-state index contributed by atoms with van der Waals surface area (Å²) in [6.45, 7) is 0. The lowest BCUT2D eigenvalue weighted by molar-refractivity contribution is -0.357. The summed E-state index contributed by atoms with van der Waals surface area (Å²) >= 11 is 0. The van der Waals surface area contributed by atoms with Crippen LogP contribution in [0.3, 0.4) is 0 Å². The van der Waals surface area contributed by atoms with Crippen LogP contribution >= 0.6 is 0 Å². The van der Waals surface area contributed by atoms with Gasteiger partial charge in [-0.1, -0.05) is 48.5 Å². The Kier molecular flexibility index (Phi) is 3.23. The van der Waals surface area contributed by atoms with Gasteiger partial charge in [-0.15, -0.1) is 4.58 Å². The minimum absolute atomic E-state index is 0.195. The lowest BCUT2D eigenvalue weighted by Crippen LogP contribution is -2.11. The molecule has 0 bridgehead atoms. The Morgan fingerprint density at radius 3 is 2.42 bits per heavy atom. The van der Waals surface area contributed by atoms with E-state index in [9.17, 15) is 4.79 Å². The van der Waals surface area contributed by atoms with Crippen molar-refractivity contribution in [1.29, 1.82) is 0 Å². The van der Waals surface area contributed by atoms with Crippen LogP contribution in [0, 0.1) is 0 Å². The second kappa shape index (κ2) is 5.19. The molecule has 1 aliphatic rings. The molecule has 0 spiro atoms. The van der Waals surface area contributed by atoms with E-state index in [0.29, 0.717) is 6.42 Å².